The van der Waals surface area contributed by atoms with Crippen molar-refractivity contribution in [2.45, 2.75) is 26.2 Å². The lowest BCUT2D eigenvalue weighted by Crippen LogP contribution is -2.31. The summed E-state index contributed by atoms with van der Waals surface area (Å²) in [6.07, 6.45) is 0. The molecule has 0 bridgehead atoms. The van der Waals surface area contributed by atoms with Crippen molar-refractivity contribution in [1.82, 2.24) is 9.55 Å². The lowest BCUT2D eigenvalue weighted by Gasteiger charge is -2.24. The molecule has 3 rings (SSSR count). The van der Waals surface area contributed by atoms with Gasteiger partial charge in [-0.05, 0) is 24.3 Å². The molecule has 0 unspecified atom stereocenters. The highest BCUT2D eigenvalue weighted by Gasteiger charge is 2.25. The Kier molecular flexibility index (Phi) is 3.87. The maximum atomic E-state index is 14.3. The molecule has 1 aromatic heterocycles. The standard InChI is InChI=1S/C19H19FN2O2/c1-19(2,3)18-21-13-9-7-8-12(20)16(13)17(23)22(18)14-10-5-6-11-15(14)24-4/h5-11H,1-4H3. The molecule has 5 heteroatoms. The summed E-state index contributed by atoms with van der Waals surface area (Å²) in [6, 6.07) is 11.6. The molecule has 4 nitrogen and oxygen atoms in total. The predicted octanol–water partition coefficient (Wildman–Crippen LogP) is 3.83. The summed E-state index contributed by atoms with van der Waals surface area (Å²) in [5.41, 5.74) is 0.0525. The van der Waals surface area contributed by atoms with E-state index in [4.69, 9.17) is 4.74 Å². The van der Waals surface area contributed by atoms with Gasteiger partial charge in [0.25, 0.3) is 5.56 Å². The second-order valence-electron chi connectivity index (χ2n) is 6.63. The van der Waals surface area contributed by atoms with Gasteiger partial charge in [0.2, 0.25) is 0 Å². The van der Waals surface area contributed by atoms with E-state index in [0.717, 1.165) is 0 Å². The Morgan fingerprint density at radius 3 is 2.46 bits per heavy atom. The Bertz CT molecular complexity index is 971. The number of aromatic nitrogens is 2. The highest BCUT2D eigenvalue weighted by Crippen LogP contribution is 2.28. The molecule has 0 aliphatic carbocycles. The van der Waals surface area contributed by atoms with Gasteiger partial charge in [-0.2, -0.15) is 0 Å². The van der Waals surface area contributed by atoms with E-state index in [-0.39, 0.29) is 5.39 Å². The maximum Gasteiger partial charge on any atom is 0.269 e. The van der Waals surface area contributed by atoms with Crippen molar-refractivity contribution in [2.75, 3.05) is 7.11 Å². The van der Waals surface area contributed by atoms with Crippen LogP contribution in [0.1, 0.15) is 26.6 Å². The van der Waals surface area contributed by atoms with Crippen LogP contribution in [-0.4, -0.2) is 16.7 Å². The molecular weight excluding hydrogens is 307 g/mol. The highest BCUT2D eigenvalue weighted by atomic mass is 19.1. The second kappa shape index (κ2) is 5.74. The van der Waals surface area contributed by atoms with Crippen molar-refractivity contribution < 1.29 is 9.13 Å². The van der Waals surface area contributed by atoms with E-state index < -0.39 is 16.8 Å². The maximum absolute atomic E-state index is 14.3. The monoisotopic (exact) mass is 326 g/mol. The number of methoxy groups -OCH3 is 1. The summed E-state index contributed by atoms with van der Waals surface area (Å²) in [7, 11) is 1.54. The van der Waals surface area contributed by atoms with E-state index in [9.17, 15) is 9.18 Å². The number of nitrogens with zero attached hydrogens (tertiary/aromatic N) is 2. The van der Waals surface area contributed by atoms with Gasteiger partial charge in [0.1, 0.15) is 22.8 Å². The summed E-state index contributed by atoms with van der Waals surface area (Å²) in [4.78, 5) is 17.7. The van der Waals surface area contributed by atoms with E-state index in [1.54, 1.807) is 24.3 Å². The van der Waals surface area contributed by atoms with Gasteiger partial charge in [0.05, 0.1) is 18.3 Å². The van der Waals surface area contributed by atoms with E-state index in [2.05, 4.69) is 4.98 Å². The molecule has 0 fully saturated rings. The van der Waals surface area contributed by atoms with Crippen molar-refractivity contribution in [3.8, 4) is 11.4 Å². The lowest BCUT2D eigenvalue weighted by atomic mass is 9.94. The van der Waals surface area contributed by atoms with E-state index in [0.29, 0.717) is 22.8 Å². The third-order valence-electron chi connectivity index (χ3n) is 3.84. The minimum absolute atomic E-state index is 0.0172. The molecule has 0 amide bonds. The number of ether oxygens (including phenoxy) is 1. The van der Waals surface area contributed by atoms with Crippen molar-refractivity contribution in [3.05, 3.63) is 64.5 Å². The number of halogens is 1. The molecule has 0 atom stereocenters. The van der Waals surface area contributed by atoms with Crippen LogP contribution in [0.5, 0.6) is 5.75 Å². The van der Waals surface area contributed by atoms with Gasteiger partial charge in [0, 0.05) is 5.41 Å². The Hall–Kier alpha value is -2.69. The summed E-state index contributed by atoms with van der Waals surface area (Å²) in [5, 5.41) is -0.0172. The highest BCUT2D eigenvalue weighted by molar-refractivity contribution is 5.79. The Morgan fingerprint density at radius 2 is 1.79 bits per heavy atom. The van der Waals surface area contributed by atoms with Gasteiger partial charge >= 0.3 is 0 Å². The van der Waals surface area contributed by atoms with E-state index >= 15 is 0 Å². The zero-order valence-corrected chi connectivity index (χ0v) is 14.1. The lowest BCUT2D eigenvalue weighted by molar-refractivity contribution is 0.410. The molecule has 0 saturated carbocycles. The molecule has 0 aliphatic heterocycles. The van der Waals surface area contributed by atoms with Crippen molar-refractivity contribution >= 4 is 10.9 Å². The number of benzene rings is 2. The fraction of sp³-hybridized carbons (Fsp3) is 0.263. The van der Waals surface area contributed by atoms with Crippen LogP contribution in [0, 0.1) is 5.82 Å². The van der Waals surface area contributed by atoms with Gasteiger partial charge in [0.15, 0.2) is 0 Å². The Balaban J connectivity index is 2.52. The fourth-order valence-electron chi connectivity index (χ4n) is 2.73. The van der Waals surface area contributed by atoms with Crippen LogP contribution in [0.4, 0.5) is 4.39 Å². The van der Waals surface area contributed by atoms with Crippen molar-refractivity contribution in [3.63, 3.8) is 0 Å². The molecule has 0 saturated heterocycles. The van der Waals surface area contributed by atoms with Crippen molar-refractivity contribution in [2.24, 2.45) is 0 Å². The number of hydrogen-bond acceptors (Lipinski definition) is 3. The smallest absolute Gasteiger partial charge is 0.269 e. The average Bonchev–Trinajstić information content (AvgIpc) is 2.53. The first-order valence-electron chi connectivity index (χ1n) is 7.69. The summed E-state index contributed by atoms with van der Waals surface area (Å²) >= 11 is 0. The van der Waals surface area contributed by atoms with E-state index in [1.165, 1.54) is 17.7 Å². The first kappa shape index (κ1) is 16.2. The summed E-state index contributed by atoms with van der Waals surface area (Å²) in [6.45, 7) is 5.89. The second-order valence-corrected chi connectivity index (χ2v) is 6.63. The van der Waals surface area contributed by atoms with Gasteiger partial charge in [-0.25, -0.2) is 9.37 Å². The van der Waals surface area contributed by atoms with Crippen LogP contribution in [0.25, 0.3) is 16.6 Å². The Morgan fingerprint density at radius 1 is 1.08 bits per heavy atom. The minimum Gasteiger partial charge on any atom is -0.495 e. The summed E-state index contributed by atoms with van der Waals surface area (Å²) < 4.78 is 21.1. The molecule has 1 heterocycles. The predicted molar refractivity (Wildman–Crippen MR) is 92.6 cm³/mol. The first-order chi connectivity index (χ1) is 11.3. The van der Waals surface area contributed by atoms with Crippen molar-refractivity contribution in [1.29, 1.82) is 0 Å². The molecule has 0 N–H and O–H groups in total. The number of fused-ring (bicyclic) bond motifs is 1. The fourth-order valence-corrected chi connectivity index (χ4v) is 2.73. The summed E-state index contributed by atoms with van der Waals surface area (Å²) in [5.74, 6) is 0.506. The van der Waals surface area contributed by atoms with Gasteiger partial charge in [-0.1, -0.05) is 39.0 Å². The number of rotatable bonds is 2. The SMILES string of the molecule is COc1ccccc1-n1c(C(C)(C)C)nc2cccc(F)c2c1=O. The van der Waals surface area contributed by atoms with Crippen LogP contribution < -0.4 is 10.3 Å². The minimum atomic E-state index is -0.575. The third-order valence-corrected chi connectivity index (χ3v) is 3.84. The van der Waals surface area contributed by atoms with Crippen LogP contribution in [0.2, 0.25) is 0 Å². The van der Waals surface area contributed by atoms with Crippen LogP contribution >= 0.6 is 0 Å². The molecular formula is C19H19FN2O2. The Labute approximate surface area is 139 Å². The molecule has 124 valence electrons. The largest absolute Gasteiger partial charge is 0.495 e. The van der Waals surface area contributed by atoms with Crippen LogP contribution in [0.3, 0.4) is 0 Å². The van der Waals surface area contributed by atoms with Crippen LogP contribution in [-0.2, 0) is 5.41 Å². The molecule has 24 heavy (non-hydrogen) atoms. The van der Waals surface area contributed by atoms with Gasteiger partial charge in [-0.3, -0.25) is 9.36 Å². The molecule has 0 aliphatic rings. The molecule has 0 spiro atoms. The quantitative estimate of drug-likeness (QED) is 0.719. The molecule has 2 aromatic carbocycles. The topological polar surface area (TPSA) is 44.1 Å². The first-order valence-corrected chi connectivity index (χ1v) is 7.69. The number of hydrogen-bond donors (Lipinski definition) is 0. The number of para-hydroxylation sites is 2. The van der Waals surface area contributed by atoms with Gasteiger partial charge in [-0.15, -0.1) is 0 Å². The molecule has 3 aromatic rings. The third kappa shape index (κ3) is 2.56. The zero-order valence-electron chi connectivity index (χ0n) is 14.1. The zero-order chi connectivity index (χ0) is 17.5. The molecule has 0 radical (unpaired) electrons. The van der Waals surface area contributed by atoms with Gasteiger partial charge < -0.3 is 4.74 Å². The van der Waals surface area contributed by atoms with E-state index in [1.807, 2.05) is 32.9 Å². The van der Waals surface area contributed by atoms with Crippen LogP contribution in [0.15, 0.2) is 47.3 Å². The average molecular weight is 326 g/mol. The normalized spacial score (nSPS) is 11.7.